The number of hydrogen-bond acceptors (Lipinski definition) is 5. The highest BCUT2D eigenvalue weighted by atomic mass is 32.1. The topological polar surface area (TPSA) is 78.4 Å². The Hall–Kier alpha value is -1.21. The zero-order valence-electron chi connectivity index (χ0n) is 11.7. The van der Waals surface area contributed by atoms with Crippen LogP contribution in [0.3, 0.4) is 0 Å². The molecule has 1 aromatic rings. The Kier molecular flexibility index (Phi) is 3.53. The van der Waals surface area contributed by atoms with Crippen molar-refractivity contribution in [3.05, 3.63) is 5.82 Å². The molecule has 19 heavy (non-hydrogen) atoms. The summed E-state index contributed by atoms with van der Waals surface area (Å²) < 4.78 is 4.24. The van der Waals surface area contributed by atoms with Gasteiger partial charge in [0.15, 0.2) is 0 Å². The van der Waals surface area contributed by atoms with Crippen LogP contribution < -0.4 is 5.32 Å². The zero-order chi connectivity index (χ0) is 14.3. The van der Waals surface area contributed by atoms with E-state index in [9.17, 15) is 9.90 Å². The highest BCUT2D eigenvalue weighted by Crippen LogP contribution is 2.26. The van der Waals surface area contributed by atoms with Gasteiger partial charge in [-0.1, -0.05) is 27.7 Å². The number of carbonyl (C=O) groups excluding carboxylic acids is 1. The van der Waals surface area contributed by atoms with E-state index in [0.29, 0.717) is 24.6 Å². The Labute approximate surface area is 117 Å². The van der Waals surface area contributed by atoms with Gasteiger partial charge in [-0.2, -0.15) is 4.37 Å². The highest BCUT2D eigenvalue weighted by molar-refractivity contribution is 7.09. The van der Waals surface area contributed by atoms with Gasteiger partial charge in [-0.25, -0.2) is 9.78 Å². The molecule has 106 valence electrons. The standard InChI is InChI=1S/C12H20N4O2S/c1-5-12(18)6-16(7-12)10(17)14-9-13-8(15-19-9)11(2,3)4/h18H,5-7H2,1-4H3,(H,13,14,15,17). The van der Waals surface area contributed by atoms with Gasteiger partial charge in [-0.05, 0) is 6.42 Å². The number of nitrogens with one attached hydrogen (secondary N) is 1. The SMILES string of the molecule is CCC1(O)CN(C(=O)Nc2nc(C(C)(C)C)ns2)C1. The van der Waals surface area contributed by atoms with Gasteiger partial charge >= 0.3 is 6.03 Å². The summed E-state index contributed by atoms with van der Waals surface area (Å²) >= 11 is 1.18. The molecule has 0 atom stereocenters. The van der Waals surface area contributed by atoms with E-state index in [1.54, 1.807) is 4.90 Å². The molecule has 0 aliphatic carbocycles. The van der Waals surface area contributed by atoms with Crippen molar-refractivity contribution in [2.75, 3.05) is 18.4 Å². The van der Waals surface area contributed by atoms with Crippen LogP contribution >= 0.6 is 11.5 Å². The average molecular weight is 284 g/mol. The molecule has 0 unspecified atom stereocenters. The molecule has 0 saturated carbocycles. The van der Waals surface area contributed by atoms with Gasteiger partial charge in [0.25, 0.3) is 0 Å². The molecule has 0 bridgehead atoms. The summed E-state index contributed by atoms with van der Waals surface area (Å²) in [6, 6.07) is -0.227. The Balaban J connectivity index is 1.92. The predicted molar refractivity (Wildman–Crippen MR) is 74.4 cm³/mol. The van der Waals surface area contributed by atoms with Gasteiger partial charge in [0.1, 0.15) is 5.82 Å². The van der Waals surface area contributed by atoms with Crippen LogP contribution in [0.2, 0.25) is 0 Å². The van der Waals surface area contributed by atoms with Gasteiger partial charge < -0.3 is 10.0 Å². The normalized spacial score (nSPS) is 18.1. The van der Waals surface area contributed by atoms with Crippen LogP contribution in [-0.4, -0.2) is 44.1 Å². The lowest BCUT2D eigenvalue weighted by Crippen LogP contribution is -2.63. The third-order valence-electron chi connectivity index (χ3n) is 3.23. The maximum absolute atomic E-state index is 11.9. The minimum atomic E-state index is -0.713. The van der Waals surface area contributed by atoms with Crippen molar-refractivity contribution in [3.8, 4) is 0 Å². The molecule has 2 amide bonds. The van der Waals surface area contributed by atoms with E-state index in [1.807, 2.05) is 27.7 Å². The van der Waals surface area contributed by atoms with Crippen LogP contribution in [0, 0.1) is 0 Å². The minimum Gasteiger partial charge on any atom is -0.386 e. The second-order valence-electron chi connectivity index (χ2n) is 6.04. The third-order valence-corrected chi connectivity index (χ3v) is 3.86. The Morgan fingerprint density at radius 3 is 2.63 bits per heavy atom. The summed E-state index contributed by atoms with van der Waals surface area (Å²) in [6.45, 7) is 8.74. The summed E-state index contributed by atoms with van der Waals surface area (Å²) in [5, 5.41) is 13.1. The monoisotopic (exact) mass is 284 g/mol. The van der Waals surface area contributed by atoms with Crippen molar-refractivity contribution in [2.45, 2.75) is 45.1 Å². The fraction of sp³-hybridized carbons (Fsp3) is 0.750. The van der Waals surface area contributed by atoms with Gasteiger partial charge in [0.2, 0.25) is 5.13 Å². The number of nitrogens with zero attached hydrogens (tertiary/aromatic N) is 3. The molecule has 1 aromatic heterocycles. The molecule has 6 nitrogen and oxygen atoms in total. The lowest BCUT2D eigenvalue weighted by atomic mass is 9.92. The van der Waals surface area contributed by atoms with Gasteiger partial charge in [-0.3, -0.25) is 5.32 Å². The first kappa shape index (κ1) is 14.2. The van der Waals surface area contributed by atoms with E-state index in [1.165, 1.54) is 11.5 Å². The maximum Gasteiger partial charge on any atom is 0.323 e. The van der Waals surface area contributed by atoms with Crippen molar-refractivity contribution in [3.63, 3.8) is 0 Å². The molecule has 0 aromatic carbocycles. The summed E-state index contributed by atoms with van der Waals surface area (Å²) in [7, 11) is 0. The van der Waals surface area contributed by atoms with Gasteiger partial charge in [0.05, 0.1) is 18.7 Å². The molecule has 2 N–H and O–H groups in total. The second kappa shape index (κ2) is 4.72. The quantitative estimate of drug-likeness (QED) is 0.868. The highest BCUT2D eigenvalue weighted by Gasteiger charge is 2.42. The third kappa shape index (κ3) is 3.03. The average Bonchev–Trinajstić information content (AvgIpc) is 2.72. The van der Waals surface area contributed by atoms with Crippen molar-refractivity contribution < 1.29 is 9.90 Å². The van der Waals surface area contributed by atoms with E-state index in [4.69, 9.17) is 0 Å². The number of hydrogen-bond donors (Lipinski definition) is 2. The number of anilines is 1. The summed E-state index contributed by atoms with van der Waals surface area (Å²) in [5.41, 5.74) is -0.840. The Morgan fingerprint density at radius 2 is 2.16 bits per heavy atom. The molecule has 0 radical (unpaired) electrons. The number of aromatic nitrogens is 2. The Morgan fingerprint density at radius 1 is 1.53 bits per heavy atom. The van der Waals surface area contributed by atoms with Crippen LogP contribution in [0.1, 0.15) is 39.9 Å². The van der Waals surface area contributed by atoms with E-state index in [2.05, 4.69) is 14.7 Å². The molecule has 1 aliphatic heterocycles. The molecule has 1 fully saturated rings. The fourth-order valence-corrected chi connectivity index (χ4v) is 2.53. The summed E-state index contributed by atoms with van der Waals surface area (Å²) in [4.78, 5) is 17.8. The number of carbonyl (C=O) groups is 1. The number of aliphatic hydroxyl groups is 1. The van der Waals surface area contributed by atoms with Crippen LogP contribution in [-0.2, 0) is 5.41 Å². The number of amides is 2. The van der Waals surface area contributed by atoms with E-state index < -0.39 is 5.60 Å². The van der Waals surface area contributed by atoms with E-state index in [0.717, 1.165) is 5.82 Å². The predicted octanol–water partition coefficient (Wildman–Crippen LogP) is 1.82. The molecule has 7 heteroatoms. The summed E-state index contributed by atoms with van der Waals surface area (Å²) in [6.07, 6.45) is 0.657. The van der Waals surface area contributed by atoms with Crippen LogP contribution in [0.4, 0.5) is 9.93 Å². The number of β-amino-alcohol motifs (C(OH)–C–C–N with tert-alkyl or cyclic N) is 1. The van der Waals surface area contributed by atoms with E-state index in [-0.39, 0.29) is 11.4 Å². The molecular formula is C12H20N4O2S. The molecule has 1 aliphatic rings. The largest absolute Gasteiger partial charge is 0.386 e. The van der Waals surface area contributed by atoms with Crippen molar-refractivity contribution in [1.29, 1.82) is 0 Å². The summed E-state index contributed by atoms with van der Waals surface area (Å²) in [5.74, 6) is 0.724. The van der Waals surface area contributed by atoms with Crippen LogP contribution in [0.5, 0.6) is 0 Å². The maximum atomic E-state index is 11.9. The van der Waals surface area contributed by atoms with Crippen LogP contribution in [0.15, 0.2) is 0 Å². The van der Waals surface area contributed by atoms with Crippen molar-refractivity contribution in [1.82, 2.24) is 14.3 Å². The molecule has 1 saturated heterocycles. The smallest absolute Gasteiger partial charge is 0.323 e. The van der Waals surface area contributed by atoms with Gasteiger partial charge in [-0.15, -0.1) is 0 Å². The second-order valence-corrected chi connectivity index (χ2v) is 6.79. The zero-order valence-corrected chi connectivity index (χ0v) is 12.5. The van der Waals surface area contributed by atoms with Gasteiger partial charge in [0, 0.05) is 16.9 Å². The van der Waals surface area contributed by atoms with Crippen molar-refractivity contribution >= 4 is 22.7 Å². The van der Waals surface area contributed by atoms with E-state index >= 15 is 0 Å². The molecule has 2 rings (SSSR count). The lowest BCUT2D eigenvalue weighted by molar-refractivity contribution is -0.0755. The number of likely N-dealkylation sites (tertiary alicyclic amines) is 1. The first-order chi connectivity index (χ1) is 8.73. The molecular weight excluding hydrogens is 264 g/mol. The first-order valence-electron chi connectivity index (χ1n) is 6.36. The number of urea groups is 1. The lowest BCUT2D eigenvalue weighted by Gasteiger charge is -2.45. The Bertz CT molecular complexity index is 474. The first-order valence-corrected chi connectivity index (χ1v) is 7.13. The number of rotatable bonds is 2. The minimum absolute atomic E-state index is 0.126. The van der Waals surface area contributed by atoms with Crippen molar-refractivity contribution in [2.24, 2.45) is 0 Å². The molecule has 2 heterocycles. The fourth-order valence-electron chi connectivity index (χ4n) is 1.78. The van der Waals surface area contributed by atoms with Crippen LogP contribution in [0.25, 0.3) is 0 Å². The molecule has 0 spiro atoms.